The van der Waals surface area contributed by atoms with E-state index < -0.39 is 0 Å². The Kier molecular flexibility index (Phi) is 5.68. The quantitative estimate of drug-likeness (QED) is 0.838. The van der Waals surface area contributed by atoms with Crippen molar-refractivity contribution in [2.45, 2.75) is 38.2 Å². The Morgan fingerprint density at radius 1 is 1.40 bits per heavy atom. The molecule has 20 heavy (non-hydrogen) atoms. The summed E-state index contributed by atoms with van der Waals surface area (Å²) in [7, 11) is 1.68. The summed E-state index contributed by atoms with van der Waals surface area (Å²) >= 11 is 0. The van der Waals surface area contributed by atoms with Crippen LogP contribution in [0.4, 0.5) is 0 Å². The van der Waals surface area contributed by atoms with Crippen molar-refractivity contribution >= 4 is 0 Å². The first-order valence-electron chi connectivity index (χ1n) is 7.50. The number of nitrogens with one attached hydrogen (secondary N) is 1. The summed E-state index contributed by atoms with van der Waals surface area (Å²) in [5, 5.41) is 3.37. The summed E-state index contributed by atoms with van der Waals surface area (Å²) in [6.07, 6.45) is 3.48. The number of hydrogen-bond acceptors (Lipinski definition) is 4. The molecule has 112 valence electrons. The van der Waals surface area contributed by atoms with Gasteiger partial charge in [-0.1, -0.05) is 13.0 Å². The molecule has 4 nitrogen and oxygen atoms in total. The number of piperidine rings is 1. The molecule has 2 atom stereocenters. The first kappa shape index (κ1) is 15.1. The van der Waals surface area contributed by atoms with Gasteiger partial charge in [0.15, 0.2) is 11.5 Å². The second kappa shape index (κ2) is 7.50. The molecule has 0 spiro atoms. The topological polar surface area (TPSA) is 56.5 Å². The first-order valence-corrected chi connectivity index (χ1v) is 7.50. The first-order chi connectivity index (χ1) is 9.74. The molecule has 0 bridgehead atoms. The SMILES string of the molecule is COc1ccc(C(C)CCN)cc1OC1CCCNC1. The number of benzene rings is 1. The third-order valence-electron chi connectivity index (χ3n) is 3.90. The Bertz CT molecular complexity index is 417. The highest BCUT2D eigenvalue weighted by Crippen LogP contribution is 2.33. The van der Waals surface area contributed by atoms with E-state index in [4.69, 9.17) is 15.2 Å². The molecule has 0 aliphatic carbocycles. The van der Waals surface area contributed by atoms with Crippen LogP contribution in [0.5, 0.6) is 11.5 Å². The van der Waals surface area contributed by atoms with Crippen LogP contribution in [0.25, 0.3) is 0 Å². The van der Waals surface area contributed by atoms with Crippen LogP contribution in [-0.2, 0) is 0 Å². The largest absolute Gasteiger partial charge is 0.493 e. The van der Waals surface area contributed by atoms with Crippen LogP contribution in [0.3, 0.4) is 0 Å². The van der Waals surface area contributed by atoms with E-state index in [9.17, 15) is 0 Å². The lowest BCUT2D eigenvalue weighted by Gasteiger charge is -2.25. The summed E-state index contributed by atoms with van der Waals surface area (Å²) in [5.41, 5.74) is 6.91. The Balaban J connectivity index is 2.13. The van der Waals surface area contributed by atoms with Crippen LogP contribution in [0.1, 0.15) is 37.7 Å². The van der Waals surface area contributed by atoms with Gasteiger partial charge in [-0.25, -0.2) is 0 Å². The molecular formula is C16H26N2O2. The van der Waals surface area contributed by atoms with Gasteiger partial charge in [-0.3, -0.25) is 0 Å². The van der Waals surface area contributed by atoms with Crippen LogP contribution < -0.4 is 20.5 Å². The average molecular weight is 278 g/mol. The van der Waals surface area contributed by atoms with Crippen LogP contribution in [0.2, 0.25) is 0 Å². The Morgan fingerprint density at radius 2 is 2.25 bits per heavy atom. The molecule has 1 aliphatic heterocycles. The monoisotopic (exact) mass is 278 g/mol. The molecule has 1 fully saturated rings. The molecule has 1 aromatic carbocycles. The van der Waals surface area contributed by atoms with Crippen LogP contribution in [0.15, 0.2) is 18.2 Å². The molecule has 0 aromatic heterocycles. The van der Waals surface area contributed by atoms with E-state index in [1.807, 2.05) is 6.07 Å². The van der Waals surface area contributed by atoms with Crippen LogP contribution in [-0.4, -0.2) is 32.8 Å². The second-order valence-corrected chi connectivity index (χ2v) is 5.47. The lowest BCUT2D eigenvalue weighted by Crippen LogP contribution is -2.37. The number of nitrogens with two attached hydrogens (primary N) is 1. The molecule has 4 heteroatoms. The average Bonchev–Trinajstić information content (AvgIpc) is 2.48. The Morgan fingerprint density at radius 3 is 2.90 bits per heavy atom. The van der Waals surface area contributed by atoms with Gasteiger partial charge in [-0.2, -0.15) is 0 Å². The van der Waals surface area contributed by atoms with E-state index in [0.29, 0.717) is 12.5 Å². The fourth-order valence-electron chi connectivity index (χ4n) is 2.61. The van der Waals surface area contributed by atoms with Crippen molar-refractivity contribution in [1.82, 2.24) is 5.32 Å². The molecule has 0 amide bonds. The van der Waals surface area contributed by atoms with Crippen molar-refractivity contribution in [3.63, 3.8) is 0 Å². The lowest BCUT2D eigenvalue weighted by atomic mass is 9.97. The van der Waals surface area contributed by atoms with Crippen molar-refractivity contribution in [2.75, 3.05) is 26.7 Å². The van der Waals surface area contributed by atoms with E-state index in [1.165, 1.54) is 5.56 Å². The summed E-state index contributed by atoms with van der Waals surface area (Å²) in [4.78, 5) is 0. The summed E-state index contributed by atoms with van der Waals surface area (Å²) < 4.78 is 11.5. The fourth-order valence-corrected chi connectivity index (χ4v) is 2.61. The van der Waals surface area contributed by atoms with Gasteiger partial charge in [0.05, 0.1) is 7.11 Å². The molecule has 1 saturated heterocycles. The van der Waals surface area contributed by atoms with Gasteiger partial charge in [-0.05, 0) is 56.0 Å². The third-order valence-corrected chi connectivity index (χ3v) is 3.90. The zero-order chi connectivity index (χ0) is 14.4. The maximum absolute atomic E-state index is 6.13. The second-order valence-electron chi connectivity index (χ2n) is 5.47. The van der Waals surface area contributed by atoms with E-state index in [0.717, 1.165) is 43.9 Å². The minimum Gasteiger partial charge on any atom is -0.493 e. The Labute approximate surface area is 121 Å². The van der Waals surface area contributed by atoms with Crippen LogP contribution in [0, 0.1) is 0 Å². The molecule has 2 rings (SSSR count). The zero-order valence-corrected chi connectivity index (χ0v) is 12.5. The maximum atomic E-state index is 6.13. The Hall–Kier alpha value is -1.26. The standard InChI is InChI=1S/C16H26N2O2/c1-12(7-8-17)13-5-6-15(19-2)16(10-13)20-14-4-3-9-18-11-14/h5-6,10,12,14,18H,3-4,7-9,11,17H2,1-2H3. The highest BCUT2D eigenvalue weighted by molar-refractivity contribution is 5.44. The van der Waals surface area contributed by atoms with Gasteiger partial charge in [0.1, 0.15) is 6.10 Å². The highest BCUT2D eigenvalue weighted by atomic mass is 16.5. The van der Waals surface area contributed by atoms with Gasteiger partial charge in [-0.15, -0.1) is 0 Å². The third kappa shape index (κ3) is 3.87. The number of rotatable bonds is 6. The van der Waals surface area contributed by atoms with Crippen molar-refractivity contribution < 1.29 is 9.47 Å². The normalized spacial score (nSPS) is 20.4. The number of methoxy groups -OCH3 is 1. The fraction of sp³-hybridized carbons (Fsp3) is 0.625. The van der Waals surface area contributed by atoms with Crippen molar-refractivity contribution in [1.29, 1.82) is 0 Å². The van der Waals surface area contributed by atoms with Gasteiger partial charge in [0.25, 0.3) is 0 Å². The number of hydrogen-bond donors (Lipinski definition) is 2. The van der Waals surface area contributed by atoms with Crippen molar-refractivity contribution in [3.8, 4) is 11.5 Å². The molecule has 1 aliphatic rings. The maximum Gasteiger partial charge on any atom is 0.161 e. The van der Waals surface area contributed by atoms with Gasteiger partial charge in [0.2, 0.25) is 0 Å². The molecule has 3 N–H and O–H groups in total. The molecule has 0 radical (unpaired) electrons. The molecule has 2 unspecified atom stereocenters. The minimum absolute atomic E-state index is 0.234. The van der Waals surface area contributed by atoms with Crippen molar-refractivity contribution in [2.24, 2.45) is 5.73 Å². The summed E-state index contributed by atoms with van der Waals surface area (Å²) in [5.74, 6) is 2.10. The van der Waals surface area contributed by atoms with Gasteiger partial charge < -0.3 is 20.5 Å². The zero-order valence-electron chi connectivity index (χ0n) is 12.5. The van der Waals surface area contributed by atoms with Crippen molar-refractivity contribution in [3.05, 3.63) is 23.8 Å². The molecule has 1 aromatic rings. The smallest absolute Gasteiger partial charge is 0.161 e. The van der Waals surface area contributed by atoms with Crippen LogP contribution >= 0.6 is 0 Å². The highest BCUT2D eigenvalue weighted by Gasteiger charge is 2.17. The summed E-state index contributed by atoms with van der Waals surface area (Å²) in [6, 6.07) is 6.20. The summed E-state index contributed by atoms with van der Waals surface area (Å²) in [6.45, 7) is 4.90. The van der Waals surface area contributed by atoms with E-state index >= 15 is 0 Å². The van der Waals surface area contributed by atoms with Gasteiger partial charge >= 0.3 is 0 Å². The number of ether oxygens (including phenoxy) is 2. The van der Waals surface area contributed by atoms with E-state index in [2.05, 4.69) is 24.4 Å². The lowest BCUT2D eigenvalue weighted by molar-refractivity contribution is 0.161. The van der Waals surface area contributed by atoms with Gasteiger partial charge in [0, 0.05) is 6.54 Å². The predicted octanol–water partition coefficient (Wildman–Crippen LogP) is 2.28. The molecular weight excluding hydrogens is 252 g/mol. The minimum atomic E-state index is 0.234. The van der Waals surface area contributed by atoms with E-state index in [1.54, 1.807) is 7.11 Å². The van der Waals surface area contributed by atoms with E-state index in [-0.39, 0.29) is 6.10 Å². The molecule has 0 saturated carbocycles. The predicted molar refractivity (Wildman–Crippen MR) is 81.6 cm³/mol. The molecule has 1 heterocycles.